The first-order valence-corrected chi connectivity index (χ1v) is 8.32. The van der Waals surface area contributed by atoms with Gasteiger partial charge in [-0.15, -0.1) is 0 Å². The molecule has 0 radical (unpaired) electrons. The monoisotopic (exact) mass is 284 g/mol. The van der Waals surface area contributed by atoms with Crippen molar-refractivity contribution in [1.29, 1.82) is 0 Å². The fraction of sp³-hybridized carbons (Fsp3) is 0.571. The second-order valence-corrected chi connectivity index (χ2v) is 6.80. The largest absolute Gasteiger partial charge is 0.350 e. The Labute approximate surface area is 114 Å². The van der Waals surface area contributed by atoms with Gasteiger partial charge in [-0.3, -0.25) is 0 Å². The molecule has 1 aromatic rings. The normalized spacial score (nSPS) is 16.9. The highest BCUT2D eigenvalue weighted by Crippen LogP contribution is 2.17. The molecule has 1 fully saturated rings. The maximum atomic E-state index is 12.0. The summed E-state index contributed by atoms with van der Waals surface area (Å²) >= 11 is 0. The van der Waals surface area contributed by atoms with E-state index in [2.05, 4.69) is 0 Å². The zero-order valence-corrected chi connectivity index (χ0v) is 12.0. The van der Waals surface area contributed by atoms with Gasteiger partial charge in [0.1, 0.15) is 0 Å². The van der Waals surface area contributed by atoms with Crippen LogP contribution in [0.15, 0.2) is 29.2 Å². The molecule has 2 rings (SSSR count). The predicted molar refractivity (Wildman–Crippen MR) is 72.8 cm³/mol. The lowest BCUT2D eigenvalue weighted by Crippen LogP contribution is -2.11. The molecule has 0 aromatic heterocycles. The van der Waals surface area contributed by atoms with E-state index in [0.717, 1.165) is 12.0 Å². The van der Waals surface area contributed by atoms with Crippen molar-refractivity contribution in [3.8, 4) is 0 Å². The summed E-state index contributed by atoms with van der Waals surface area (Å²) in [6, 6.07) is 7.03. The molecular weight excluding hydrogens is 264 g/mol. The van der Waals surface area contributed by atoms with Gasteiger partial charge in [-0.2, -0.15) is 0 Å². The van der Waals surface area contributed by atoms with E-state index in [-0.39, 0.29) is 12.0 Å². The van der Waals surface area contributed by atoms with Crippen molar-refractivity contribution in [3.05, 3.63) is 29.8 Å². The summed E-state index contributed by atoms with van der Waals surface area (Å²) < 4.78 is 34.7. The maximum absolute atomic E-state index is 12.0. The predicted octanol–water partition coefficient (Wildman–Crippen LogP) is 2.18. The molecule has 0 N–H and O–H groups in total. The smallest absolute Gasteiger partial charge is 0.178 e. The van der Waals surface area contributed by atoms with Crippen LogP contribution in [0.3, 0.4) is 0 Å². The van der Waals surface area contributed by atoms with Crippen LogP contribution in [0.4, 0.5) is 0 Å². The minimum absolute atomic E-state index is 0.192. The maximum Gasteiger partial charge on any atom is 0.178 e. The van der Waals surface area contributed by atoms with Crippen LogP contribution < -0.4 is 0 Å². The van der Waals surface area contributed by atoms with E-state index in [1.54, 1.807) is 12.1 Å². The topological polar surface area (TPSA) is 52.6 Å². The number of benzene rings is 1. The summed E-state index contributed by atoms with van der Waals surface area (Å²) in [5.41, 5.74) is 1.03. The van der Waals surface area contributed by atoms with E-state index in [9.17, 15) is 8.42 Å². The fourth-order valence-electron chi connectivity index (χ4n) is 2.00. The van der Waals surface area contributed by atoms with Gasteiger partial charge < -0.3 is 9.47 Å². The van der Waals surface area contributed by atoms with Crippen molar-refractivity contribution < 1.29 is 17.9 Å². The first kappa shape index (κ1) is 14.5. The van der Waals surface area contributed by atoms with Crippen LogP contribution >= 0.6 is 0 Å². The SMILES string of the molecule is CCCCS(=O)(=O)c1ccc(CC2OCCO2)cc1. The Hall–Kier alpha value is -0.910. The molecule has 1 saturated heterocycles. The number of hydrogen-bond acceptors (Lipinski definition) is 4. The van der Waals surface area contributed by atoms with Gasteiger partial charge in [-0.05, 0) is 24.1 Å². The molecule has 0 atom stereocenters. The molecule has 0 bridgehead atoms. The van der Waals surface area contributed by atoms with Crippen molar-refractivity contribution in [2.45, 2.75) is 37.4 Å². The summed E-state index contributed by atoms with van der Waals surface area (Å²) in [7, 11) is -3.13. The summed E-state index contributed by atoms with van der Waals surface area (Å²) in [6.45, 7) is 3.25. The molecular formula is C14H20O4S. The molecule has 0 saturated carbocycles. The summed E-state index contributed by atoms with van der Waals surface area (Å²) in [5, 5.41) is 0. The second-order valence-electron chi connectivity index (χ2n) is 4.69. The third-order valence-electron chi connectivity index (χ3n) is 3.14. The number of hydrogen-bond donors (Lipinski definition) is 0. The summed E-state index contributed by atoms with van der Waals surface area (Å²) in [4.78, 5) is 0.401. The zero-order valence-electron chi connectivity index (χ0n) is 11.2. The van der Waals surface area contributed by atoms with E-state index < -0.39 is 9.84 Å². The molecule has 1 aliphatic rings. The molecule has 19 heavy (non-hydrogen) atoms. The Balaban J connectivity index is 2.01. The number of ether oxygens (including phenoxy) is 2. The van der Waals surface area contributed by atoms with Crippen molar-refractivity contribution in [1.82, 2.24) is 0 Å². The Kier molecular flexibility index (Phi) is 4.96. The molecule has 1 heterocycles. The Bertz CT molecular complexity index is 487. The van der Waals surface area contributed by atoms with Crippen molar-refractivity contribution in [2.75, 3.05) is 19.0 Å². The van der Waals surface area contributed by atoms with Crippen molar-refractivity contribution >= 4 is 9.84 Å². The number of unbranched alkanes of at least 4 members (excludes halogenated alkanes) is 1. The van der Waals surface area contributed by atoms with Crippen LogP contribution in [0.2, 0.25) is 0 Å². The van der Waals surface area contributed by atoms with Gasteiger partial charge in [-0.25, -0.2) is 8.42 Å². The number of sulfone groups is 1. The quantitative estimate of drug-likeness (QED) is 0.803. The van der Waals surface area contributed by atoms with Gasteiger partial charge >= 0.3 is 0 Å². The molecule has 0 unspecified atom stereocenters. The molecule has 0 amide bonds. The van der Waals surface area contributed by atoms with Crippen molar-refractivity contribution in [3.63, 3.8) is 0 Å². The number of rotatable bonds is 6. The van der Waals surface area contributed by atoms with E-state index >= 15 is 0 Å². The van der Waals surface area contributed by atoms with Crippen molar-refractivity contribution in [2.24, 2.45) is 0 Å². The zero-order chi connectivity index (χ0) is 13.7. The molecule has 0 aliphatic carbocycles. The van der Waals surface area contributed by atoms with Gasteiger partial charge in [0.05, 0.1) is 23.9 Å². The average Bonchev–Trinajstić information content (AvgIpc) is 2.90. The van der Waals surface area contributed by atoms with Gasteiger partial charge in [0.25, 0.3) is 0 Å². The highest BCUT2D eigenvalue weighted by Gasteiger charge is 2.17. The summed E-state index contributed by atoms with van der Waals surface area (Å²) in [6.07, 6.45) is 2.05. The van der Waals surface area contributed by atoms with Gasteiger partial charge in [0.15, 0.2) is 16.1 Å². The lowest BCUT2D eigenvalue weighted by Gasteiger charge is -2.09. The van der Waals surface area contributed by atoms with E-state index in [4.69, 9.17) is 9.47 Å². The standard InChI is InChI=1S/C14H20O4S/c1-2-3-10-19(15,16)13-6-4-12(5-7-13)11-14-17-8-9-18-14/h4-7,14H,2-3,8-11H2,1H3. The van der Waals surface area contributed by atoms with E-state index in [0.29, 0.717) is 31.0 Å². The Morgan fingerprint density at radius 2 is 1.79 bits per heavy atom. The Morgan fingerprint density at radius 3 is 2.37 bits per heavy atom. The molecule has 1 aliphatic heterocycles. The van der Waals surface area contributed by atoms with Gasteiger partial charge in [0.2, 0.25) is 0 Å². The molecule has 4 nitrogen and oxygen atoms in total. The van der Waals surface area contributed by atoms with Gasteiger partial charge in [-0.1, -0.05) is 25.5 Å². The van der Waals surface area contributed by atoms with Crippen LogP contribution in [0, 0.1) is 0 Å². The van der Waals surface area contributed by atoms with Crippen LogP contribution in [0.1, 0.15) is 25.3 Å². The fourth-order valence-corrected chi connectivity index (χ4v) is 3.46. The highest BCUT2D eigenvalue weighted by molar-refractivity contribution is 7.91. The Morgan fingerprint density at radius 1 is 1.16 bits per heavy atom. The second kappa shape index (κ2) is 6.50. The summed E-state index contributed by atoms with van der Waals surface area (Å²) in [5.74, 6) is 0.220. The van der Waals surface area contributed by atoms with Crippen LogP contribution in [-0.4, -0.2) is 33.7 Å². The molecule has 106 valence electrons. The first-order chi connectivity index (χ1) is 9.12. The first-order valence-electron chi connectivity index (χ1n) is 6.67. The van der Waals surface area contributed by atoms with E-state index in [1.807, 2.05) is 19.1 Å². The van der Waals surface area contributed by atoms with Crippen LogP contribution in [0.5, 0.6) is 0 Å². The lowest BCUT2D eigenvalue weighted by molar-refractivity contribution is -0.0400. The minimum Gasteiger partial charge on any atom is -0.350 e. The average molecular weight is 284 g/mol. The third-order valence-corrected chi connectivity index (χ3v) is 4.96. The molecule has 0 spiro atoms. The molecule has 5 heteroatoms. The van der Waals surface area contributed by atoms with Crippen LogP contribution in [-0.2, 0) is 25.7 Å². The molecule has 1 aromatic carbocycles. The highest BCUT2D eigenvalue weighted by atomic mass is 32.2. The lowest BCUT2D eigenvalue weighted by atomic mass is 10.1. The van der Waals surface area contributed by atoms with Gasteiger partial charge in [0, 0.05) is 6.42 Å². The van der Waals surface area contributed by atoms with Crippen LogP contribution in [0.25, 0.3) is 0 Å². The van der Waals surface area contributed by atoms with E-state index in [1.165, 1.54) is 0 Å². The minimum atomic E-state index is -3.13. The third kappa shape index (κ3) is 4.03.